The number of piperidine rings is 1. The third kappa shape index (κ3) is 5.38. The molecule has 0 spiro atoms. The van der Waals surface area contributed by atoms with Gasteiger partial charge in [-0.25, -0.2) is 9.37 Å². The zero-order valence-corrected chi connectivity index (χ0v) is 16.1. The van der Waals surface area contributed by atoms with Gasteiger partial charge in [0.1, 0.15) is 11.5 Å². The molecule has 0 bridgehead atoms. The standard InChI is InChI=1S/C17H20FN3OS.2ClH/c18-13-6-4-12(5-7-13)9-16-20-15(11-23-16)17(22)21-8-2-1-3-14(21)10-19;;/h4-7,11,14H,1-3,8-10,19H2;2*1H. The summed E-state index contributed by atoms with van der Waals surface area (Å²) >= 11 is 1.47. The third-order valence-corrected chi connectivity index (χ3v) is 5.05. The van der Waals surface area contributed by atoms with Crippen molar-refractivity contribution in [3.63, 3.8) is 0 Å². The maximum absolute atomic E-state index is 12.9. The lowest BCUT2D eigenvalue weighted by Crippen LogP contribution is -2.47. The number of carbonyl (C=O) groups excluding carboxylic acids is 1. The van der Waals surface area contributed by atoms with Gasteiger partial charge in [0.05, 0.1) is 5.01 Å². The Kier molecular flexibility index (Phi) is 8.79. The maximum atomic E-state index is 12.9. The summed E-state index contributed by atoms with van der Waals surface area (Å²) in [6.45, 7) is 1.25. The molecule has 1 unspecified atom stereocenters. The summed E-state index contributed by atoms with van der Waals surface area (Å²) in [6, 6.07) is 6.49. The van der Waals surface area contributed by atoms with Gasteiger partial charge < -0.3 is 10.6 Å². The Hall–Kier alpha value is -1.21. The second-order valence-electron chi connectivity index (χ2n) is 5.81. The second-order valence-corrected chi connectivity index (χ2v) is 6.76. The summed E-state index contributed by atoms with van der Waals surface area (Å²) in [5.74, 6) is -0.275. The maximum Gasteiger partial charge on any atom is 0.273 e. The van der Waals surface area contributed by atoms with Gasteiger partial charge in [0, 0.05) is 30.9 Å². The van der Waals surface area contributed by atoms with E-state index < -0.39 is 0 Å². The van der Waals surface area contributed by atoms with Crippen LogP contribution in [0.5, 0.6) is 0 Å². The number of thiazole rings is 1. The van der Waals surface area contributed by atoms with E-state index in [1.165, 1.54) is 23.5 Å². The van der Waals surface area contributed by atoms with Gasteiger partial charge in [-0.2, -0.15) is 0 Å². The zero-order valence-electron chi connectivity index (χ0n) is 13.7. The molecule has 0 saturated carbocycles. The van der Waals surface area contributed by atoms with E-state index in [4.69, 9.17) is 5.73 Å². The van der Waals surface area contributed by atoms with Crippen molar-refractivity contribution in [2.45, 2.75) is 31.7 Å². The smallest absolute Gasteiger partial charge is 0.273 e. The average Bonchev–Trinajstić information content (AvgIpc) is 3.05. The lowest BCUT2D eigenvalue weighted by atomic mass is 10.0. The van der Waals surface area contributed by atoms with Gasteiger partial charge in [-0.05, 0) is 37.0 Å². The number of halogens is 3. The van der Waals surface area contributed by atoms with Crippen molar-refractivity contribution < 1.29 is 9.18 Å². The number of benzene rings is 1. The van der Waals surface area contributed by atoms with E-state index in [1.807, 2.05) is 10.3 Å². The largest absolute Gasteiger partial charge is 0.333 e. The third-order valence-electron chi connectivity index (χ3n) is 4.20. The predicted octanol–water partition coefficient (Wildman–Crippen LogP) is 3.67. The van der Waals surface area contributed by atoms with Crippen LogP contribution in [0, 0.1) is 5.82 Å². The number of carbonyl (C=O) groups is 1. The van der Waals surface area contributed by atoms with Gasteiger partial charge in [-0.1, -0.05) is 12.1 Å². The molecule has 1 atom stereocenters. The molecule has 1 aliphatic heterocycles. The molecule has 2 aromatic rings. The Morgan fingerprint density at radius 1 is 1.28 bits per heavy atom. The molecule has 1 fully saturated rings. The van der Waals surface area contributed by atoms with Crippen molar-refractivity contribution in [3.05, 3.63) is 51.7 Å². The molecule has 1 aromatic heterocycles. The molecule has 1 aromatic carbocycles. The van der Waals surface area contributed by atoms with Crippen LogP contribution >= 0.6 is 36.2 Å². The van der Waals surface area contributed by atoms with Crippen molar-refractivity contribution in [1.29, 1.82) is 0 Å². The van der Waals surface area contributed by atoms with E-state index in [-0.39, 0.29) is 42.6 Å². The van der Waals surface area contributed by atoms with Gasteiger partial charge >= 0.3 is 0 Å². The molecule has 1 aliphatic rings. The summed E-state index contributed by atoms with van der Waals surface area (Å²) in [6.07, 6.45) is 3.72. The Labute approximate surface area is 163 Å². The normalized spacial score (nSPS) is 16.7. The Balaban J connectivity index is 0.00000156. The highest BCUT2D eigenvalue weighted by molar-refractivity contribution is 7.09. The first kappa shape index (κ1) is 21.8. The van der Waals surface area contributed by atoms with E-state index in [9.17, 15) is 9.18 Å². The van der Waals surface area contributed by atoms with Crippen LogP contribution in [0.25, 0.3) is 0 Å². The van der Waals surface area contributed by atoms with Crippen LogP contribution in [0.4, 0.5) is 4.39 Å². The van der Waals surface area contributed by atoms with Gasteiger partial charge in [0.2, 0.25) is 0 Å². The Morgan fingerprint density at radius 3 is 2.68 bits per heavy atom. The van der Waals surface area contributed by atoms with Gasteiger partial charge in [-0.15, -0.1) is 36.2 Å². The van der Waals surface area contributed by atoms with Crippen molar-refractivity contribution in [1.82, 2.24) is 9.88 Å². The van der Waals surface area contributed by atoms with Crippen molar-refractivity contribution in [2.75, 3.05) is 13.1 Å². The molecule has 3 rings (SSSR count). The molecule has 138 valence electrons. The number of amides is 1. The number of hydrogen-bond donors (Lipinski definition) is 1. The summed E-state index contributed by atoms with van der Waals surface area (Å²) in [5.41, 5.74) is 7.26. The number of likely N-dealkylation sites (tertiary alicyclic amines) is 1. The lowest BCUT2D eigenvalue weighted by molar-refractivity contribution is 0.0618. The molecule has 0 aliphatic carbocycles. The van der Waals surface area contributed by atoms with Crippen LogP contribution < -0.4 is 5.73 Å². The van der Waals surface area contributed by atoms with Crippen LogP contribution in [0.1, 0.15) is 40.3 Å². The first-order chi connectivity index (χ1) is 11.2. The highest BCUT2D eigenvalue weighted by Crippen LogP contribution is 2.21. The fourth-order valence-corrected chi connectivity index (χ4v) is 3.73. The summed E-state index contributed by atoms with van der Waals surface area (Å²) in [5, 5.41) is 2.67. The minimum absolute atomic E-state index is 0. The molecule has 1 amide bonds. The SMILES string of the molecule is Cl.Cl.NCC1CCCCN1C(=O)c1csc(Cc2ccc(F)cc2)n1. The van der Waals surface area contributed by atoms with Crippen LogP contribution in [0.15, 0.2) is 29.6 Å². The highest BCUT2D eigenvalue weighted by Gasteiger charge is 2.27. The number of rotatable bonds is 4. The van der Waals surface area contributed by atoms with Gasteiger partial charge in [0.25, 0.3) is 5.91 Å². The first-order valence-electron chi connectivity index (χ1n) is 7.87. The molecule has 4 nitrogen and oxygen atoms in total. The van der Waals surface area contributed by atoms with Gasteiger partial charge in [0.15, 0.2) is 0 Å². The number of nitrogens with two attached hydrogens (primary N) is 1. The van der Waals surface area contributed by atoms with E-state index in [0.717, 1.165) is 36.4 Å². The minimum Gasteiger partial charge on any atom is -0.333 e. The monoisotopic (exact) mass is 405 g/mol. The topological polar surface area (TPSA) is 59.2 Å². The molecule has 2 heterocycles. The number of hydrogen-bond acceptors (Lipinski definition) is 4. The van der Waals surface area contributed by atoms with Crippen LogP contribution in [0.2, 0.25) is 0 Å². The molecule has 1 saturated heterocycles. The lowest BCUT2D eigenvalue weighted by Gasteiger charge is -2.34. The van der Waals surface area contributed by atoms with E-state index in [0.29, 0.717) is 18.7 Å². The quantitative estimate of drug-likeness (QED) is 0.843. The number of aromatic nitrogens is 1. The molecular formula is C17H22Cl2FN3OS. The van der Waals surface area contributed by atoms with Crippen LogP contribution in [-0.2, 0) is 6.42 Å². The minimum atomic E-state index is -0.248. The first-order valence-corrected chi connectivity index (χ1v) is 8.75. The van der Waals surface area contributed by atoms with Crippen LogP contribution in [0.3, 0.4) is 0 Å². The zero-order chi connectivity index (χ0) is 16.2. The fourth-order valence-electron chi connectivity index (χ4n) is 2.93. The Morgan fingerprint density at radius 2 is 2.00 bits per heavy atom. The highest BCUT2D eigenvalue weighted by atomic mass is 35.5. The molecule has 0 radical (unpaired) electrons. The summed E-state index contributed by atoms with van der Waals surface area (Å²) < 4.78 is 12.9. The summed E-state index contributed by atoms with van der Waals surface area (Å²) in [7, 11) is 0. The van der Waals surface area contributed by atoms with Crippen molar-refractivity contribution in [3.8, 4) is 0 Å². The number of nitrogens with zero attached hydrogens (tertiary/aromatic N) is 2. The van der Waals surface area contributed by atoms with Crippen LogP contribution in [-0.4, -0.2) is 34.9 Å². The van der Waals surface area contributed by atoms with E-state index >= 15 is 0 Å². The predicted molar refractivity (Wildman–Crippen MR) is 104 cm³/mol. The molecule has 25 heavy (non-hydrogen) atoms. The van der Waals surface area contributed by atoms with E-state index in [1.54, 1.807) is 12.1 Å². The fraction of sp³-hybridized carbons (Fsp3) is 0.412. The summed E-state index contributed by atoms with van der Waals surface area (Å²) in [4.78, 5) is 19.0. The molecular weight excluding hydrogens is 384 g/mol. The van der Waals surface area contributed by atoms with Crippen molar-refractivity contribution in [2.24, 2.45) is 5.73 Å². The van der Waals surface area contributed by atoms with E-state index in [2.05, 4.69) is 4.98 Å². The molecule has 2 N–H and O–H groups in total. The average molecular weight is 406 g/mol. The molecule has 8 heteroatoms. The van der Waals surface area contributed by atoms with Crippen molar-refractivity contribution >= 4 is 42.1 Å². The van der Waals surface area contributed by atoms with Gasteiger partial charge in [-0.3, -0.25) is 4.79 Å². The Bertz CT molecular complexity index is 681. The second kappa shape index (κ2) is 10.1.